The highest BCUT2D eigenvalue weighted by Crippen LogP contribution is 2.21. The fourth-order valence-corrected chi connectivity index (χ4v) is 3.06. The highest BCUT2D eigenvalue weighted by Gasteiger charge is 2.07. The number of nitrogens with one attached hydrogen (secondary N) is 3. The van der Waals surface area contributed by atoms with Gasteiger partial charge in [0.1, 0.15) is 0 Å². The second-order valence-corrected chi connectivity index (χ2v) is 6.88. The second-order valence-electron chi connectivity index (χ2n) is 6.88. The third kappa shape index (κ3) is 5.34. The first kappa shape index (κ1) is 20.3. The van der Waals surface area contributed by atoms with Gasteiger partial charge in [0.25, 0.3) is 0 Å². The Labute approximate surface area is 180 Å². The van der Waals surface area contributed by atoms with E-state index in [1.807, 2.05) is 30.3 Å². The number of benzene rings is 1. The van der Waals surface area contributed by atoms with Crippen molar-refractivity contribution in [3.63, 3.8) is 0 Å². The number of methoxy groups -OCH3 is 1. The summed E-state index contributed by atoms with van der Waals surface area (Å²) < 4.78 is 5.05. The Balaban J connectivity index is 1.43. The molecule has 0 unspecified atom stereocenters. The Hall–Kier alpha value is -3.98. The van der Waals surface area contributed by atoms with Gasteiger partial charge in [0.15, 0.2) is 17.5 Å². The average molecular weight is 416 g/mol. The maximum absolute atomic E-state index is 6.02. The number of pyridine rings is 2. The molecule has 0 aliphatic rings. The molecule has 5 N–H and O–H groups in total. The van der Waals surface area contributed by atoms with Gasteiger partial charge in [-0.2, -0.15) is 0 Å². The number of hydrogen-bond donors (Lipinski definition) is 4. The number of hydrogen-bond acceptors (Lipinski definition) is 9. The van der Waals surface area contributed by atoms with E-state index in [-0.39, 0.29) is 0 Å². The van der Waals surface area contributed by atoms with Crippen LogP contribution in [0, 0.1) is 0 Å². The van der Waals surface area contributed by atoms with Gasteiger partial charge in [0, 0.05) is 31.8 Å². The lowest BCUT2D eigenvalue weighted by Crippen LogP contribution is -2.09. The molecule has 0 fully saturated rings. The highest BCUT2D eigenvalue weighted by atomic mass is 16.5. The van der Waals surface area contributed by atoms with Crippen molar-refractivity contribution in [2.45, 2.75) is 6.54 Å². The molecular weight excluding hydrogens is 392 g/mol. The van der Waals surface area contributed by atoms with Gasteiger partial charge in [-0.1, -0.05) is 12.1 Å². The van der Waals surface area contributed by atoms with Crippen molar-refractivity contribution < 1.29 is 4.74 Å². The average Bonchev–Trinajstić information content (AvgIpc) is 2.80. The van der Waals surface area contributed by atoms with Gasteiger partial charge >= 0.3 is 0 Å². The molecule has 158 valence electrons. The molecule has 9 nitrogen and oxygen atoms in total. The number of anilines is 5. The van der Waals surface area contributed by atoms with Gasteiger partial charge < -0.3 is 26.4 Å². The normalized spacial score (nSPS) is 10.7. The molecule has 0 spiro atoms. The second kappa shape index (κ2) is 9.68. The molecule has 4 aromatic rings. The number of nitrogens with zero attached hydrogens (tertiary/aromatic N) is 4. The predicted molar refractivity (Wildman–Crippen MR) is 123 cm³/mol. The first-order valence-corrected chi connectivity index (χ1v) is 9.86. The summed E-state index contributed by atoms with van der Waals surface area (Å²) in [5.74, 6) is 1.41. The SMILES string of the molecule is COCCNc1cncc(Nc2cnc(N)c(NCc3ccc4ncccc4c3)n2)c1. The van der Waals surface area contributed by atoms with Crippen LogP contribution in [0.25, 0.3) is 10.9 Å². The molecule has 0 saturated carbocycles. The van der Waals surface area contributed by atoms with Crippen LogP contribution in [0.4, 0.5) is 28.8 Å². The lowest BCUT2D eigenvalue weighted by Gasteiger charge is -2.12. The number of ether oxygens (including phenoxy) is 1. The van der Waals surface area contributed by atoms with Crippen molar-refractivity contribution in [2.75, 3.05) is 41.9 Å². The quantitative estimate of drug-likeness (QED) is 0.304. The van der Waals surface area contributed by atoms with Gasteiger partial charge in [-0.3, -0.25) is 9.97 Å². The molecule has 4 rings (SSSR count). The lowest BCUT2D eigenvalue weighted by molar-refractivity contribution is 0.211. The zero-order valence-electron chi connectivity index (χ0n) is 17.2. The fourth-order valence-electron chi connectivity index (χ4n) is 3.06. The minimum atomic E-state index is 0.334. The summed E-state index contributed by atoms with van der Waals surface area (Å²) in [5.41, 5.74) is 9.75. The van der Waals surface area contributed by atoms with Crippen LogP contribution in [0.5, 0.6) is 0 Å². The molecule has 0 aliphatic heterocycles. The third-order valence-corrected chi connectivity index (χ3v) is 4.57. The molecule has 0 aliphatic carbocycles. The van der Waals surface area contributed by atoms with Gasteiger partial charge in [0.2, 0.25) is 0 Å². The van der Waals surface area contributed by atoms with Crippen LogP contribution in [0.2, 0.25) is 0 Å². The predicted octanol–water partition coefficient (Wildman–Crippen LogP) is 3.42. The monoisotopic (exact) mass is 416 g/mol. The molecule has 9 heteroatoms. The minimum Gasteiger partial charge on any atom is -0.383 e. The summed E-state index contributed by atoms with van der Waals surface area (Å²) >= 11 is 0. The number of rotatable bonds is 9. The van der Waals surface area contributed by atoms with E-state index < -0.39 is 0 Å². The van der Waals surface area contributed by atoms with Crippen LogP contribution >= 0.6 is 0 Å². The van der Waals surface area contributed by atoms with Crippen molar-refractivity contribution in [1.82, 2.24) is 19.9 Å². The Morgan fingerprint density at radius 1 is 1.00 bits per heavy atom. The summed E-state index contributed by atoms with van der Waals surface area (Å²) in [5, 5.41) is 10.8. The maximum Gasteiger partial charge on any atom is 0.171 e. The zero-order valence-corrected chi connectivity index (χ0v) is 17.2. The van der Waals surface area contributed by atoms with Crippen LogP contribution < -0.4 is 21.7 Å². The Kier molecular flexibility index (Phi) is 6.34. The minimum absolute atomic E-state index is 0.334. The number of aromatic nitrogens is 4. The van der Waals surface area contributed by atoms with Gasteiger partial charge in [-0.25, -0.2) is 9.97 Å². The summed E-state index contributed by atoms with van der Waals surface area (Å²) in [6.45, 7) is 1.87. The number of nitrogens with two attached hydrogens (primary N) is 1. The molecule has 0 saturated heterocycles. The topological polar surface area (TPSA) is 123 Å². The molecule has 1 aromatic carbocycles. The van der Waals surface area contributed by atoms with Crippen LogP contribution in [0.3, 0.4) is 0 Å². The molecule has 0 radical (unpaired) electrons. The van der Waals surface area contributed by atoms with Crippen LogP contribution in [-0.4, -0.2) is 40.2 Å². The van der Waals surface area contributed by atoms with Crippen molar-refractivity contribution in [2.24, 2.45) is 0 Å². The van der Waals surface area contributed by atoms with Gasteiger partial charge in [-0.15, -0.1) is 0 Å². The Bertz CT molecular complexity index is 1170. The fraction of sp³-hybridized carbons (Fsp3) is 0.182. The molecule has 0 amide bonds. The standard InChI is InChI=1S/C22H24N8O/c1-31-8-7-25-17-10-18(13-24-12-17)29-20-14-27-21(23)22(30-20)28-11-15-4-5-19-16(9-15)3-2-6-26-19/h2-6,9-10,12-14,25H,7-8,11H2,1H3,(H2,23,27)(H2,28,29,30). The molecule has 0 atom stereocenters. The van der Waals surface area contributed by atoms with Crippen molar-refractivity contribution in [3.8, 4) is 0 Å². The molecular formula is C22H24N8O. The van der Waals surface area contributed by atoms with E-state index in [1.165, 1.54) is 0 Å². The van der Waals surface area contributed by atoms with E-state index in [4.69, 9.17) is 10.5 Å². The number of fused-ring (bicyclic) bond motifs is 1. The summed E-state index contributed by atoms with van der Waals surface area (Å²) in [6.07, 6.45) is 6.85. The van der Waals surface area contributed by atoms with E-state index in [0.717, 1.165) is 27.8 Å². The van der Waals surface area contributed by atoms with Crippen LogP contribution in [-0.2, 0) is 11.3 Å². The summed E-state index contributed by atoms with van der Waals surface area (Å²) in [4.78, 5) is 17.4. The lowest BCUT2D eigenvalue weighted by atomic mass is 10.1. The van der Waals surface area contributed by atoms with E-state index in [1.54, 1.807) is 31.9 Å². The molecule has 3 aromatic heterocycles. The van der Waals surface area contributed by atoms with E-state index in [2.05, 4.69) is 42.0 Å². The Morgan fingerprint density at radius 3 is 2.81 bits per heavy atom. The summed E-state index contributed by atoms with van der Waals surface area (Å²) in [7, 11) is 1.67. The molecule has 31 heavy (non-hydrogen) atoms. The molecule has 3 heterocycles. The Morgan fingerprint density at radius 2 is 1.90 bits per heavy atom. The summed E-state index contributed by atoms with van der Waals surface area (Å²) in [6, 6.07) is 12.0. The zero-order chi connectivity index (χ0) is 21.5. The van der Waals surface area contributed by atoms with Gasteiger partial charge in [0.05, 0.1) is 42.1 Å². The van der Waals surface area contributed by atoms with Crippen LogP contribution in [0.1, 0.15) is 5.56 Å². The largest absolute Gasteiger partial charge is 0.383 e. The first-order valence-electron chi connectivity index (χ1n) is 9.86. The van der Waals surface area contributed by atoms with E-state index in [9.17, 15) is 0 Å². The van der Waals surface area contributed by atoms with Crippen molar-refractivity contribution in [1.29, 1.82) is 0 Å². The molecule has 0 bridgehead atoms. The third-order valence-electron chi connectivity index (χ3n) is 4.57. The highest BCUT2D eigenvalue weighted by molar-refractivity contribution is 5.79. The van der Waals surface area contributed by atoms with Crippen LogP contribution in [0.15, 0.2) is 61.2 Å². The number of nitrogen functional groups attached to an aromatic ring is 1. The smallest absolute Gasteiger partial charge is 0.171 e. The van der Waals surface area contributed by atoms with Crippen molar-refractivity contribution in [3.05, 3.63) is 66.7 Å². The maximum atomic E-state index is 6.02. The first-order chi connectivity index (χ1) is 15.2. The van der Waals surface area contributed by atoms with E-state index in [0.29, 0.717) is 37.1 Å². The van der Waals surface area contributed by atoms with E-state index >= 15 is 0 Å². The van der Waals surface area contributed by atoms with Crippen molar-refractivity contribution >= 4 is 39.7 Å². The van der Waals surface area contributed by atoms with Gasteiger partial charge in [-0.05, 0) is 29.8 Å².